The van der Waals surface area contributed by atoms with Gasteiger partial charge in [-0.3, -0.25) is 4.79 Å². The standard InChI is InChI=1S/C9H14F2O2/c1-2-13-9(12)7-4-3-6(10)5-8(7)11/h6-8H,2-5H2,1H3. The minimum atomic E-state index is -1.37. The summed E-state index contributed by atoms with van der Waals surface area (Å²) in [6, 6.07) is 0. The number of ether oxygens (including phenoxy) is 1. The molecule has 4 heteroatoms. The summed E-state index contributed by atoms with van der Waals surface area (Å²) in [6.07, 6.45) is -2.10. The van der Waals surface area contributed by atoms with Crippen molar-refractivity contribution in [2.24, 2.45) is 5.92 Å². The van der Waals surface area contributed by atoms with Gasteiger partial charge in [-0.05, 0) is 19.8 Å². The van der Waals surface area contributed by atoms with Crippen LogP contribution < -0.4 is 0 Å². The van der Waals surface area contributed by atoms with Crippen LogP contribution in [0.2, 0.25) is 0 Å². The van der Waals surface area contributed by atoms with Crippen molar-refractivity contribution in [1.82, 2.24) is 0 Å². The molecular weight excluding hydrogens is 178 g/mol. The highest BCUT2D eigenvalue weighted by Crippen LogP contribution is 2.29. The lowest BCUT2D eigenvalue weighted by molar-refractivity contribution is -0.152. The number of rotatable bonds is 2. The van der Waals surface area contributed by atoms with Gasteiger partial charge in [0.15, 0.2) is 0 Å². The second kappa shape index (κ2) is 4.53. The zero-order chi connectivity index (χ0) is 9.84. The zero-order valence-corrected chi connectivity index (χ0v) is 7.63. The number of carbonyl (C=O) groups is 1. The van der Waals surface area contributed by atoms with E-state index in [0.29, 0.717) is 0 Å². The molecule has 1 aliphatic rings. The smallest absolute Gasteiger partial charge is 0.311 e. The molecule has 1 fully saturated rings. The van der Waals surface area contributed by atoms with E-state index in [4.69, 9.17) is 0 Å². The van der Waals surface area contributed by atoms with Crippen molar-refractivity contribution in [3.05, 3.63) is 0 Å². The minimum Gasteiger partial charge on any atom is -0.466 e. The monoisotopic (exact) mass is 192 g/mol. The van der Waals surface area contributed by atoms with Gasteiger partial charge in [-0.2, -0.15) is 0 Å². The van der Waals surface area contributed by atoms with Crippen LogP contribution in [0.5, 0.6) is 0 Å². The number of halogens is 2. The third-order valence-corrected chi connectivity index (χ3v) is 2.30. The number of alkyl halides is 2. The van der Waals surface area contributed by atoms with E-state index < -0.39 is 24.2 Å². The Kier molecular flexibility index (Phi) is 3.63. The maximum atomic E-state index is 13.1. The van der Waals surface area contributed by atoms with Crippen LogP contribution in [-0.2, 0) is 9.53 Å². The zero-order valence-electron chi connectivity index (χ0n) is 7.63. The van der Waals surface area contributed by atoms with Crippen LogP contribution in [0.3, 0.4) is 0 Å². The predicted octanol–water partition coefficient (Wildman–Crippen LogP) is 2.03. The topological polar surface area (TPSA) is 26.3 Å². The fourth-order valence-corrected chi connectivity index (χ4v) is 1.58. The molecule has 1 saturated carbocycles. The molecule has 2 nitrogen and oxygen atoms in total. The molecule has 13 heavy (non-hydrogen) atoms. The third kappa shape index (κ3) is 2.64. The van der Waals surface area contributed by atoms with Crippen LogP contribution in [0.4, 0.5) is 8.78 Å². The van der Waals surface area contributed by atoms with Crippen LogP contribution in [0.25, 0.3) is 0 Å². The summed E-state index contributed by atoms with van der Waals surface area (Å²) >= 11 is 0. The summed E-state index contributed by atoms with van der Waals surface area (Å²) < 4.78 is 30.5. The van der Waals surface area contributed by atoms with Gasteiger partial charge in [0.25, 0.3) is 0 Å². The fourth-order valence-electron chi connectivity index (χ4n) is 1.58. The number of carbonyl (C=O) groups excluding carboxylic acids is 1. The molecule has 0 amide bonds. The Morgan fingerprint density at radius 1 is 1.46 bits per heavy atom. The van der Waals surface area contributed by atoms with E-state index in [1.165, 1.54) is 0 Å². The summed E-state index contributed by atoms with van der Waals surface area (Å²) in [6.45, 7) is 1.92. The Balaban J connectivity index is 2.45. The second-order valence-corrected chi connectivity index (χ2v) is 3.28. The Morgan fingerprint density at radius 3 is 2.69 bits per heavy atom. The van der Waals surface area contributed by atoms with Gasteiger partial charge in [-0.15, -0.1) is 0 Å². The summed E-state index contributed by atoms with van der Waals surface area (Å²) in [4.78, 5) is 11.1. The van der Waals surface area contributed by atoms with Crippen LogP contribution >= 0.6 is 0 Å². The molecule has 0 aromatic heterocycles. The molecule has 3 unspecified atom stereocenters. The van der Waals surface area contributed by atoms with Gasteiger partial charge in [-0.25, -0.2) is 8.78 Å². The summed E-state index contributed by atoms with van der Waals surface area (Å²) in [5, 5.41) is 0. The molecular formula is C9H14F2O2. The highest BCUT2D eigenvalue weighted by molar-refractivity contribution is 5.73. The van der Waals surface area contributed by atoms with Crippen LogP contribution in [0, 0.1) is 5.92 Å². The fraction of sp³-hybridized carbons (Fsp3) is 0.889. The highest BCUT2D eigenvalue weighted by atomic mass is 19.1. The van der Waals surface area contributed by atoms with Crippen molar-refractivity contribution in [2.75, 3.05) is 6.61 Å². The van der Waals surface area contributed by atoms with Crippen molar-refractivity contribution in [3.8, 4) is 0 Å². The van der Waals surface area contributed by atoms with Crippen LogP contribution in [-0.4, -0.2) is 24.9 Å². The molecule has 0 saturated heterocycles. The molecule has 3 atom stereocenters. The van der Waals surface area contributed by atoms with E-state index in [1.54, 1.807) is 6.92 Å². The lowest BCUT2D eigenvalue weighted by Gasteiger charge is -2.26. The molecule has 0 aromatic carbocycles. The molecule has 0 aliphatic heterocycles. The van der Waals surface area contributed by atoms with Gasteiger partial charge in [0.1, 0.15) is 12.3 Å². The summed E-state index contributed by atoms with van der Waals surface area (Å²) in [7, 11) is 0. The van der Waals surface area contributed by atoms with Gasteiger partial charge in [-0.1, -0.05) is 0 Å². The van der Waals surface area contributed by atoms with Gasteiger partial charge in [0.05, 0.1) is 12.5 Å². The molecule has 0 N–H and O–H groups in total. The van der Waals surface area contributed by atoms with Crippen LogP contribution in [0.15, 0.2) is 0 Å². The van der Waals surface area contributed by atoms with E-state index in [2.05, 4.69) is 4.74 Å². The molecule has 76 valence electrons. The van der Waals surface area contributed by atoms with Crippen LogP contribution in [0.1, 0.15) is 26.2 Å². The SMILES string of the molecule is CCOC(=O)C1CCC(F)CC1F. The Labute approximate surface area is 76.3 Å². The molecule has 0 radical (unpaired) electrons. The van der Waals surface area contributed by atoms with E-state index in [0.717, 1.165) is 0 Å². The number of esters is 1. The van der Waals surface area contributed by atoms with Gasteiger partial charge in [0, 0.05) is 6.42 Å². The highest BCUT2D eigenvalue weighted by Gasteiger charge is 2.36. The number of hydrogen-bond donors (Lipinski definition) is 0. The molecule has 1 rings (SSSR count). The first-order valence-corrected chi connectivity index (χ1v) is 4.60. The quantitative estimate of drug-likeness (QED) is 0.626. The van der Waals surface area contributed by atoms with Crippen molar-refractivity contribution in [3.63, 3.8) is 0 Å². The first-order chi connectivity index (χ1) is 6.15. The van der Waals surface area contributed by atoms with Gasteiger partial charge in [0.2, 0.25) is 0 Å². The van der Waals surface area contributed by atoms with Crippen molar-refractivity contribution >= 4 is 5.97 Å². The maximum absolute atomic E-state index is 13.1. The lowest BCUT2D eigenvalue weighted by Crippen LogP contribution is -2.33. The van der Waals surface area contributed by atoms with Gasteiger partial charge < -0.3 is 4.74 Å². The van der Waals surface area contributed by atoms with Gasteiger partial charge >= 0.3 is 5.97 Å². The average molecular weight is 192 g/mol. The van der Waals surface area contributed by atoms with Crippen molar-refractivity contribution < 1.29 is 18.3 Å². The largest absolute Gasteiger partial charge is 0.466 e. The molecule has 1 aliphatic carbocycles. The predicted molar refractivity (Wildman–Crippen MR) is 43.8 cm³/mol. The summed E-state index contributed by atoms with van der Waals surface area (Å²) in [5.74, 6) is -1.27. The molecule has 0 aromatic rings. The Bertz CT molecular complexity index is 184. The Morgan fingerprint density at radius 2 is 2.15 bits per heavy atom. The van der Waals surface area contributed by atoms with E-state index in [1.807, 2.05) is 0 Å². The maximum Gasteiger partial charge on any atom is 0.311 e. The molecule has 0 bridgehead atoms. The molecule has 0 heterocycles. The van der Waals surface area contributed by atoms with E-state index in [9.17, 15) is 13.6 Å². The Hall–Kier alpha value is -0.670. The normalized spacial score (nSPS) is 34.2. The molecule has 0 spiro atoms. The number of hydrogen-bond acceptors (Lipinski definition) is 2. The average Bonchev–Trinajstić information content (AvgIpc) is 2.04. The second-order valence-electron chi connectivity index (χ2n) is 3.28. The minimum absolute atomic E-state index is 0.163. The van der Waals surface area contributed by atoms with E-state index >= 15 is 0 Å². The lowest BCUT2D eigenvalue weighted by atomic mass is 9.86. The first-order valence-electron chi connectivity index (χ1n) is 4.60. The van der Waals surface area contributed by atoms with Crippen molar-refractivity contribution in [1.29, 1.82) is 0 Å². The van der Waals surface area contributed by atoms with E-state index in [-0.39, 0.29) is 25.9 Å². The summed E-state index contributed by atoms with van der Waals surface area (Å²) in [5.41, 5.74) is 0. The first kappa shape index (κ1) is 10.4. The third-order valence-electron chi connectivity index (χ3n) is 2.30. The van der Waals surface area contributed by atoms with Crippen molar-refractivity contribution in [2.45, 2.75) is 38.5 Å².